The van der Waals surface area contributed by atoms with E-state index in [-0.39, 0.29) is 13.2 Å². The average molecular weight is 269 g/mol. The van der Waals surface area contributed by atoms with E-state index in [0.717, 1.165) is 13.0 Å². The molecule has 0 aliphatic heterocycles. The van der Waals surface area contributed by atoms with Crippen molar-refractivity contribution in [2.45, 2.75) is 19.4 Å². The lowest BCUT2D eigenvalue weighted by Crippen LogP contribution is -2.24. The summed E-state index contributed by atoms with van der Waals surface area (Å²) in [5, 5.41) is 9.66. The summed E-state index contributed by atoms with van der Waals surface area (Å²) in [5.41, 5.74) is 6.26. The minimum absolute atomic E-state index is 0.180. The molecule has 5 nitrogen and oxygen atoms in total. The number of benzene rings is 1. The van der Waals surface area contributed by atoms with E-state index in [1.807, 2.05) is 0 Å². The fraction of sp³-hybridized carbons (Fsp3) is 0.571. The molecule has 0 aliphatic carbocycles. The van der Waals surface area contributed by atoms with Gasteiger partial charge < -0.3 is 25.1 Å². The van der Waals surface area contributed by atoms with Gasteiger partial charge in [-0.05, 0) is 18.6 Å². The fourth-order valence-corrected chi connectivity index (χ4v) is 1.43. The Balaban J connectivity index is 2.06. The summed E-state index contributed by atoms with van der Waals surface area (Å²) in [6.45, 7) is 4.24. The summed E-state index contributed by atoms with van der Waals surface area (Å²) in [5.74, 6) is 0.644. The third-order valence-corrected chi connectivity index (χ3v) is 2.33. The highest BCUT2D eigenvalue weighted by atomic mass is 16.5. The number of aliphatic hydroxyl groups excluding tert-OH is 1. The number of hydrogen-bond donors (Lipinski definition) is 2. The van der Waals surface area contributed by atoms with Gasteiger partial charge in [0.15, 0.2) is 0 Å². The molecule has 0 spiro atoms. The number of ether oxygens (including phenoxy) is 3. The molecule has 0 aliphatic rings. The molecule has 1 aromatic carbocycles. The van der Waals surface area contributed by atoms with E-state index < -0.39 is 6.10 Å². The van der Waals surface area contributed by atoms with Crippen molar-refractivity contribution in [1.29, 1.82) is 0 Å². The summed E-state index contributed by atoms with van der Waals surface area (Å²) in [6.07, 6.45) is 0.337. The Hall–Kier alpha value is -1.30. The summed E-state index contributed by atoms with van der Waals surface area (Å²) in [6, 6.07) is 7.09. The normalized spacial score (nSPS) is 12.3. The average Bonchev–Trinajstić information content (AvgIpc) is 2.40. The van der Waals surface area contributed by atoms with Crippen molar-refractivity contribution in [3.05, 3.63) is 24.3 Å². The molecule has 0 saturated heterocycles. The Morgan fingerprint density at radius 1 is 1.16 bits per heavy atom. The van der Waals surface area contributed by atoms with Gasteiger partial charge in [0.25, 0.3) is 0 Å². The molecular weight excluding hydrogens is 246 g/mol. The van der Waals surface area contributed by atoms with E-state index in [1.54, 1.807) is 24.3 Å². The number of anilines is 1. The van der Waals surface area contributed by atoms with Crippen LogP contribution in [0.5, 0.6) is 5.75 Å². The highest BCUT2D eigenvalue weighted by molar-refractivity contribution is 5.43. The number of nitrogens with two attached hydrogens (primary N) is 1. The van der Waals surface area contributed by atoms with Crippen molar-refractivity contribution >= 4 is 5.69 Å². The van der Waals surface area contributed by atoms with E-state index in [1.165, 1.54) is 0 Å². The first kappa shape index (κ1) is 15.8. The molecule has 0 bridgehead atoms. The van der Waals surface area contributed by atoms with Crippen LogP contribution in [0.25, 0.3) is 0 Å². The van der Waals surface area contributed by atoms with Crippen LogP contribution in [-0.2, 0) is 9.47 Å². The van der Waals surface area contributed by atoms with E-state index in [2.05, 4.69) is 6.92 Å². The molecular formula is C14H23NO4. The number of rotatable bonds is 10. The summed E-state index contributed by atoms with van der Waals surface area (Å²) in [7, 11) is 0. The van der Waals surface area contributed by atoms with Gasteiger partial charge in [0.1, 0.15) is 18.5 Å². The van der Waals surface area contributed by atoms with Crippen molar-refractivity contribution in [3.8, 4) is 5.75 Å². The SMILES string of the molecule is CCCOCCOCC(O)COc1cccc(N)c1. The van der Waals surface area contributed by atoms with Crippen LogP contribution in [-0.4, -0.2) is 44.2 Å². The Labute approximate surface area is 114 Å². The lowest BCUT2D eigenvalue weighted by atomic mass is 10.3. The molecule has 108 valence electrons. The second-order valence-corrected chi connectivity index (χ2v) is 4.22. The molecule has 0 fully saturated rings. The highest BCUT2D eigenvalue weighted by Crippen LogP contribution is 2.14. The third kappa shape index (κ3) is 7.66. The Bertz CT molecular complexity index is 346. The molecule has 0 amide bonds. The molecule has 0 aromatic heterocycles. The predicted octanol–water partition coefficient (Wildman–Crippen LogP) is 1.45. The number of nitrogen functional groups attached to an aromatic ring is 1. The molecule has 1 rings (SSSR count). The topological polar surface area (TPSA) is 73.9 Å². The van der Waals surface area contributed by atoms with Crippen LogP contribution in [0.3, 0.4) is 0 Å². The fourth-order valence-electron chi connectivity index (χ4n) is 1.43. The standard InChI is InChI=1S/C14H23NO4/c1-2-6-17-7-8-18-10-13(16)11-19-14-5-3-4-12(15)9-14/h3-5,9,13,16H,2,6-8,10-11,15H2,1H3. The third-order valence-electron chi connectivity index (χ3n) is 2.33. The monoisotopic (exact) mass is 269 g/mol. The van der Waals surface area contributed by atoms with Crippen LogP contribution in [0.15, 0.2) is 24.3 Å². The lowest BCUT2D eigenvalue weighted by molar-refractivity contribution is -0.0107. The second-order valence-electron chi connectivity index (χ2n) is 4.22. The molecule has 5 heteroatoms. The number of aliphatic hydroxyl groups is 1. The molecule has 1 aromatic rings. The minimum Gasteiger partial charge on any atom is -0.491 e. The predicted molar refractivity (Wildman–Crippen MR) is 74.3 cm³/mol. The number of hydrogen-bond acceptors (Lipinski definition) is 5. The second kappa shape index (κ2) is 9.61. The van der Waals surface area contributed by atoms with Gasteiger partial charge in [-0.2, -0.15) is 0 Å². The van der Waals surface area contributed by atoms with Crippen molar-refractivity contribution in [3.63, 3.8) is 0 Å². The van der Waals surface area contributed by atoms with Crippen LogP contribution in [0.4, 0.5) is 5.69 Å². The summed E-state index contributed by atoms with van der Waals surface area (Å²) >= 11 is 0. The maximum absolute atomic E-state index is 9.66. The quantitative estimate of drug-likeness (QED) is 0.497. The summed E-state index contributed by atoms with van der Waals surface area (Å²) in [4.78, 5) is 0. The Kier molecular flexibility index (Phi) is 7.97. The first-order valence-corrected chi connectivity index (χ1v) is 6.54. The molecule has 0 saturated carbocycles. The zero-order chi connectivity index (χ0) is 13.9. The maximum atomic E-state index is 9.66. The molecule has 1 unspecified atom stereocenters. The van der Waals surface area contributed by atoms with Gasteiger partial charge in [-0.1, -0.05) is 13.0 Å². The van der Waals surface area contributed by atoms with Gasteiger partial charge in [0, 0.05) is 18.4 Å². The minimum atomic E-state index is -0.660. The zero-order valence-corrected chi connectivity index (χ0v) is 11.4. The van der Waals surface area contributed by atoms with Crippen LogP contribution < -0.4 is 10.5 Å². The van der Waals surface area contributed by atoms with Crippen molar-refractivity contribution in [2.24, 2.45) is 0 Å². The van der Waals surface area contributed by atoms with E-state index >= 15 is 0 Å². The van der Waals surface area contributed by atoms with E-state index in [9.17, 15) is 5.11 Å². The Morgan fingerprint density at radius 2 is 1.95 bits per heavy atom. The zero-order valence-electron chi connectivity index (χ0n) is 11.4. The van der Waals surface area contributed by atoms with Crippen LogP contribution in [0, 0.1) is 0 Å². The van der Waals surface area contributed by atoms with Crippen molar-refractivity contribution in [2.75, 3.05) is 38.8 Å². The van der Waals surface area contributed by atoms with Crippen molar-refractivity contribution in [1.82, 2.24) is 0 Å². The van der Waals surface area contributed by atoms with E-state index in [4.69, 9.17) is 19.9 Å². The first-order valence-electron chi connectivity index (χ1n) is 6.54. The largest absolute Gasteiger partial charge is 0.491 e. The van der Waals surface area contributed by atoms with Crippen molar-refractivity contribution < 1.29 is 19.3 Å². The maximum Gasteiger partial charge on any atom is 0.121 e. The molecule has 3 N–H and O–H groups in total. The van der Waals surface area contributed by atoms with Gasteiger partial charge in [-0.15, -0.1) is 0 Å². The molecule has 1 atom stereocenters. The van der Waals surface area contributed by atoms with E-state index in [0.29, 0.717) is 24.7 Å². The lowest BCUT2D eigenvalue weighted by Gasteiger charge is -2.13. The first-order chi connectivity index (χ1) is 9.22. The smallest absolute Gasteiger partial charge is 0.121 e. The summed E-state index contributed by atoms with van der Waals surface area (Å²) < 4.78 is 15.9. The van der Waals surface area contributed by atoms with Gasteiger partial charge in [0.05, 0.1) is 19.8 Å². The van der Waals surface area contributed by atoms with Crippen LogP contribution in [0.2, 0.25) is 0 Å². The highest BCUT2D eigenvalue weighted by Gasteiger charge is 2.05. The van der Waals surface area contributed by atoms with Crippen LogP contribution in [0.1, 0.15) is 13.3 Å². The van der Waals surface area contributed by atoms with Crippen LogP contribution >= 0.6 is 0 Å². The van der Waals surface area contributed by atoms with Gasteiger partial charge in [-0.3, -0.25) is 0 Å². The Morgan fingerprint density at radius 3 is 2.68 bits per heavy atom. The van der Waals surface area contributed by atoms with Gasteiger partial charge >= 0.3 is 0 Å². The molecule has 19 heavy (non-hydrogen) atoms. The van der Waals surface area contributed by atoms with Gasteiger partial charge in [-0.25, -0.2) is 0 Å². The molecule has 0 radical (unpaired) electrons. The molecule has 0 heterocycles. The van der Waals surface area contributed by atoms with Gasteiger partial charge in [0.2, 0.25) is 0 Å².